The quantitative estimate of drug-likeness (QED) is 0.880. The molecule has 1 atom stereocenters. The molecule has 0 amide bonds. The van der Waals surface area contributed by atoms with Crippen LogP contribution < -0.4 is 5.73 Å². The Kier molecular flexibility index (Phi) is 4.61. The topological polar surface area (TPSA) is 51.8 Å². The number of alkyl halides is 3. The standard InChI is InChI=1S/C13H12F3N3S/c14-13(15,16)10-4-2-1-3-9(10)11(17)8-20-12-7-18-5-6-19-12/h1-7,11H,8,17H2. The summed E-state index contributed by atoms with van der Waals surface area (Å²) in [5.41, 5.74) is 5.28. The van der Waals surface area contributed by atoms with Gasteiger partial charge in [-0.25, -0.2) is 4.98 Å². The van der Waals surface area contributed by atoms with Gasteiger partial charge in [0.05, 0.1) is 11.8 Å². The zero-order chi connectivity index (χ0) is 14.6. The molecule has 0 saturated carbocycles. The average molecular weight is 299 g/mol. The van der Waals surface area contributed by atoms with Crippen molar-refractivity contribution in [1.82, 2.24) is 9.97 Å². The maximum atomic E-state index is 12.9. The fourth-order valence-electron chi connectivity index (χ4n) is 1.70. The van der Waals surface area contributed by atoms with E-state index < -0.39 is 17.8 Å². The number of benzene rings is 1. The third-order valence-corrected chi connectivity index (χ3v) is 3.65. The molecule has 1 unspecified atom stereocenters. The van der Waals surface area contributed by atoms with E-state index in [1.165, 1.54) is 36.3 Å². The Morgan fingerprint density at radius 1 is 1.20 bits per heavy atom. The van der Waals surface area contributed by atoms with E-state index in [0.717, 1.165) is 6.07 Å². The zero-order valence-electron chi connectivity index (χ0n) is 10.3. The molecule has 0 aliphatic rings. The molecule has 3 nitrogen and oxygen atoms in total. The number of rotatable bonds is 4. The smallest absolute Gasteiger partial charge is 0.323 e. The molecule has 0 radical (unpaired) electrons. The molecule has 1 aromatic heterocycles. The van der Waals surface area contributed by atoms with Gasteiger partial charge in [0.2, 0.25) is 0 Å². The maximum absolute atomic E-state index is 12.9. The van der Waals surface area contributed by atoms with Crippen molar-refractivity contribution < 1.29 is 13.2 Å². The molecule has 0 saturated heterocycles. The van der Waals surface area contributed by atoms with Crippen molar-refractivity contribution in [3.05, 3.63) is 54.0 Å². The summed E-state index contributed by atoms with van der Waals surface area (Å²) in [5.74, 6) is 0.297. The van der Waals surface area contributed by atoms with Crippen LogP contribution in [0, 0.1) is 0 Å². The fraction of sp³-hybridized carbons (Fsp3) is 0.231. The molecule has 0 spiro atoms. The summed E-state index contributed by atoms with van der Waals surface area (Å²) < 4.78 is 38.7. The van der Waals surface area contributed by atoms with E-state index in [1.54, 1.807) is 12.3 Å². The molecule has 7 heteroatoms. The molecule has 2 N–H and O–H groups in total. The summed E-state index contributed by atoms with van der Waals surface area (Å²) in [6, 6.07) is 4.64. The van der Waals surface area contributed by atoms with Crippen LogP contribution in [0.1, 0.15) is 17.2 Å². The van der Waals surface area contributed by atoms with Crippen molar-refractivity contribution in [2.75, 3.05) is 5.75 Å². The molecule has 1 heterocycles. The van der Waals surface area contributed by atoms with Crippen LogP contribution in [0.4, 0.5) is 13.2 Å². The van der Waals surface area contributed by atoms with E-state index in [-0.39, 0.29) is 5.56 Å². The second-order valence-electron chi connectivity index (χ2n) is 4.05. The van der Waals surface area contributed by atoms with E-state index in [1.807, 2.05) is 0 Å². The van der Waals surface area contributed by atoms with E-state index in [9.17, 15) is 13.2 Å². The lowest BCUT2D eigenvalue weighted by Crippen LogP contribution is -2.19. The van der Waals surface area contributed by atoms with Gasteiger partial charge >= 0.3 is 6.18 Å². The fourth-order valence-corrected chi connectivity index (χ4v) is 2.50. The van der Waals surface area contributed by atoms with Gasteiger partial charge in [-0.2, -0.15) is 13.2 Å². The first-order valence-corrected chi connectivity index (χ1v) is 6.77. The molecule has 106 valence electrons. The molecule has 2 rings (SSSR count). The second-order valence-corrected chi connectivity index (χ2v) is 5.09. The lowest BCUT2D eigenvalue weighted by molar-refractivity contribution is -0.138. The van der Waals surface area contributed by atoms with E-state index in [0.29, 0.717) is 10.8 Å². The predicted molar refractivity (Wildman–Crippen MR) is 71.1 cm³/mol. The lowest BCUT2D eigenvalue weighted by Gasteiger charge is -2.17. The SMILES string of the molecule is NC(CSc1cnccn1)c1ccccc1C(F)(F)F. The highest BCUT2D eigenvalue weighted by Gasteiger charge is 2.34. The first-order chi connectivity index (χ1) is 9.48. The van der Waals surface area contributed by atoms with Crippen molar-refractivity contribution in [1.29, 1.82) is 0 Å². The van der Waals surface area contributed by atoms with Gasteiger partial charge in [-0.05, 0) is 11.6 Å². The highest BCUT2D eigenvalue weighted by atomic mass is 32.2. The number of halogens is 3. The summed E-state index contributed by atoms with van der Waals surface area (Å²) >= 11 is 1.28. The Morgan fingerprint density at radius 2 is 1.95 bits per heavy atom. The van der Waals surface area contributed by atoms with Gasteiger partial charge in [0.25, 0.3) is 0 Å². The zero-order valence-corrected chi connectivity index (χ0v) is 11.2. The number of nitrogens with two attached hydrogens (primary N) is 1. The third-order valence-electron chi connectivity index (χ3n) is 2.62. The van der Waals surface area contributed by atoms with Gasteiger partial charge in [-0.15, -0.1) is 11.8 Å². The van der Waals surface area contributed by atoms with Crippen molar-refractivity contribution in [2.45, 2.75) is 17.2 Å². The molecule has 0 aliphatic carbocycles. The molecule has 0 bridgehead atoms. The number of thioether (sulfide) groups is 1. The molecule has 0 fully saturated rings. The summed E-state index contributed by atoms with van der Waals surface area (Å²) in [7, 11) is 0. The van der Waals surface area contributed by atoms with Crippen molar-refractivity contribution in [3.8, 4) is 0 Å². The molecular formula is C13H12F3N3S. The average Bonchev–Trinajstić information content (AvgIpc) is 2.45. The van der Waals surface area contributed by atoms with E-state index in [2.05, 4.69) is 9.97 Å². The Balaban J connectivity index is 2.12. The van der Waals surface area contributed by atoms with Crippen molar-refractivity contribution >= 4 is 11.8 Å². The number of nitrogens with zero attached hydrogens (tertiary/aromatic N) is 2. The minimum absolute atomic E-state index is 0.0939. The number of aromatic nitrogens is 2. The first kappa shape index (κ1) is 14.8. The summed E-state index contributed by atoms with van der Waals surface area (Å²) in [6.07, 6.45) is 0.207. The van der Waals surface area contributed by atoms with Crippen LogP contribution in [0.15, 0.2) is 47.9 Å². The van der Waals surface area contributed by atoms with Crippen LogP contribution in [0.25, 0.3) is 0 Å². The lowest BCUT2D eigenvalue weighted by atomic mass is 10.0. The van der Waals surface area contributed by atoms with Crippen molar-refractivity contribution in [3.63, 3.8) is 0 Å². The summed E-state index contributed by atoms with van der Waals surface area (Å²) in [5, 5.41) is 0.632. The molecule has 1 aromatic carbocycles. The minimum Gasteiger partial charge on any atom is -0.323 e. The highest BCUT2D eigenvalue weighted by Crippen LogP contribution is 2.35. The second kappa shape index (κ2) is 6.23. The highest BCUT2D eigenvalue weighted by molar-refractivity contribution is 7.99. The van der Waals surface area contributed by atoms with Gasteiger partial charge in [-0.1, -0.05) is 18.2 Å². The van der Waals surface area contributed by atoms with Crippen molar-refractivity contribution in [2.24, 2.45) is 5.73 Å². The van der Waals surface area contributed by atoms with Crippen LogP contribution >= 0.6 is 11.8 Å². The number of hydrogen-bond acceptors (Lipinski definition) is 4. The largest absolute Gasteiger partial charge is 0.416 e. The van der Waals surface area contributed by atoms with Crippen LogP contribution in [0.5, 0.6) is 0 Å². The van der Waals surface area contributed by atoms with Gasteiger partial charge in [-0.3, -0.25) is 4.98 Å². The Bertz CT molecular complexity index is 560. The van der Waals surface area contributed by atoms with Gasteiger partial charge in [0.15, 0.2) is 0 Å². The Labute approximate surface area is 118 Å². The van der Waals surface area contributed by atoms with Gasteiger partial charge in [0, 0.05) is 24.2 Å². The summed E-state index contributed by atoms with van der Waals surface area (Å²) in [6.45, 7) is 0. The van der Waals surface area contributed by atoms with Crippen LogP contribution in [-0.4, -0.2) is 15.7 Å². The number of hydrogen-bond donors (Lipinski definition) is 1. The molecule has 0 aliphatic heterocycles. The predicted octanol–water partition coefficient (Wildman–Crippen LogP) is 3.29. The Hall–Kier alpha value is -1.60. The van der Waals surface area contributed by atoms with Crippen LogP contribution in [-0.2, 0) is 6.18 Å². The molecule has 2 aromatic rings. The van der Waals surface area contributed by atoms with Gasteiger partial charge in [0.1, 0.15) is 5.03 Å². The first-order valence-electron chi connectivity index (χ1n) is 5.79. The molecule has 20 heavy (non-hydrogen) atoms. The normalized spacial score (nSPS) is 13.2. The Morgan fingerprint density at radius 3 is 2.60 bits per heavy atom. The van der Waals surface area contributed by atoms with E-state index >= 15 is 0 Å². The van der Waals surface area contributed by atoms with Crippen LogP contribution in [0.3, 0.4) is 0 Å². The monoisotopic (exact) mass is 299 g/mol. The summed E-state index contributed by atoms with van der Waals surface area (Å²) in [4.78, 5) is 7.93. The van der Waals surface area contributed by atoms with Crippen LogP contribution in [0.2, 0.25) is 0 Å². The maximum Gasteiger partial charge on any atom is 0.416 e. The third kappa shape index (κ3) is 3.71. The van der Waals surface area contributed by atoms with E-state index in [4.69, 9.17) is 5.73 Å². The minimum atomic E-state index is -4.40. The molecular weight excluding hydrogens is 287 g/mol. The van der Waals surface area contributed by atoms with Gasteiger partial charge < -0.3 is 5.73 Å².